The van der Waals surface area contributed by atoms with E-state index in [0.29, 0.717) is 0 Å². The summed E-state index contributed by atoms with van der Waals surface area (Å²) in [5.74, 6) is -2.53. The van der Waals surface area contributed by atoms with Gasteiger partial charge in [0.2, 0.25) is 0 Å². The van der Waals surface area contributed by atoms with Crippen molar-refractivity contribution in [3.05, 3.63) is 39.4 Å². The van der Waals surface area contributed by atoms with E-state index in [9.17, 15) is 24.8 Å². The zero-order chi connectivity index (χ0) is 13.0. The predicted molar refractivity (Wildman–Crippen MR) is 53.4 cm³/mol. The number of esters is 1. The van der Waals surface area contributed by atoms with E-state index in [4.69, 9.17) is 0 Å². The van der Waals surface area contributed by atoms with Gasteiger partial charge < -0.3 is 14.6 Å². The number of nitro groups is 1. The van der Waals surface area contributed by atoms with Crippen LogP contribution in [0.3, 0.4) is 0 Å². The fraction of sp³-hybridized carbons (Fsp3) is 0.200. The number of hydrogen-bond donors (Lipinski definition) is 0. The molecule has 1 aromatic carbocycles. The molecular formula is C10H8NO6-. The molecule has 0 N–H and O–H groups in total. The van der Waals surface area contributed by atoms with Crippen LogP contribution in [-0.2, 0) is 4.74 Å². The lowest BCUT2D eigenvalue weighted by Gasteiger charge is -2.09. The van der Waals surface area contributed by atoms with Crippen molar-refractivity contribution in [2.45, 2.75) is 6.92 Å². The third-order valence-corrected chi connectivity index (χ3v) is 1.93. The molecule has 7 nitrogen and oxygen atoms in total. The molecule has 0 aliphatic heterocycles. The summed E-state index contributed by atoms with van der Waals surface area (Å²) in [6.45, 7) is 1.63. The highest BCUT2D eigenvalue weighted by Crippen LogP contribution is 2.18. The van der Waals surface area contributed by atoms with E-state index in [-0.39, 0.29) is 12.2 Å². The van der Waals surface area contributed by atoms with Crippen molar-refractivity contribution in [3.8, 4) is 0 Å². The van der Waals surface area contributed by atoms with Gasteiger partial charge >= 0.3 is 5.97 Å². The summed E-state index contributed by atoms with van der Waals surface area (Å²) in [5, 5.41) is 21.2. The molecule has 0 fully saturated rings. The van der Waals surface area contributed by atoms with E-state index in [1.807, 2.05) is 0 Å². The van der Waals surface area contributed by atoms with Gasteiger partial charge in [-0.2, -0.15) is 0 Å². The Balaban J connectivity index is 3.27. The van der Waals surface area contributed by atoms with Crippen molar-refractivity contribution in [3.63, 3.8) is 0 Å². The third-order valence-electron chi connectivity index (χ3n) is 1.93. The Morgan fingerprint density at radius 2 is 2.00 bits per heavy atom. The Hall–Kier alpha value is -2.44. The first-order valence-corrected chi connectivity index (χ1v) is 4.64. The molecule has 1 aromatic rings. The molecule has 0 amide bonds. The van der Waals surface area contributed by atoms with Gasteiger partial charge in [0.05, 0.1) is 23.1 Å². The molecule has 0 saturated heterocycles. The molecule has 0 bridgehead atoms. The molecule has 0 unspecified atom stereocenters. The minimum absolute atomic E-state index is 0.0717. The highest BCUT2D eigenvalue weighted by atomic mass is 16.6. The van der Waals surface area contributed by atoms with E-state index >= 15 is 0 Å². The Labute approximate surface area is 95.8 Å². The molecule has 1 rings (SSSR count). The first kappa shape index (κ1) is 12.6. The molecule has 0 aromatic heterocycles. The SMILES string of the molecule is CCOC(=O)c1ccc([N+](=O)[O-])cc1C(=O)[O-]. The van der Waals surface area contributed by atoms with Gasteiger partial charge in [0, 0.05) is 17.7 Å². The second kappa shape index (κ2) is 5.06. The molecule has 0 spiro atoms. The summed E-state index contributed by atoms with van der Waals surface area (Å²) in [6, 6.07) is 2.82. The fourth-order valence-corrected chi connectivity index (χ4v) is 1.20. The lowest BCUT2D eigenvalue weighted by molar-refractivity contribution is -0.385. The summed E-state index contributed by atoms with van der Waals surface area (Å²) in [5.41, 5.74) is -1.26. The first-order valence-electron chi connectivity index (χ1n) is 4.64. The number of hydrogen-bond acceptors (Lipinski definition) is 6. The van der Waals surface area contributed by atoms with Crippen LogP contribution in [0.1, 0.15) is 27.6 Å². The summed E-state index contributed by atoms with van der Waals surface area (Å²) in [4.78, 5) is 31.8. The number of carboxylic acids is 1. The molecule has 0 atom stereocenters. The molecule has 0 saturated carbocycles. The average Bonchev–Trinajstić information content (AvgIpc) is 2.28. The molecule has 0 heterocycles. The number of nitro benzene ring substituents is 1. The molecule has 0 aliphatic rings. The topological polar surface area (TPSA) is 110 Å². The molecule has 17 heavy (non-hydrogen) atoms. The van der Waals surface area contributed by atoms with Crippen molar-refractivity contribution in [1.82, 2.24) is 0 Å². The number of carboxylic acid groups (broad SMARTS) is 1. The maximum absolute atomic E-state index is 11.4. The van der Waals surface area contributed by atoms with Crippen LogP contribution in [0.25, 0.3) is 0 Å². The molecule has 0 aliphatic carbocycles. The van der Waals surface area contributed by atoms with Gasteiger partial charge in [-0.05, 0) is 13.0 Å². The Morgan fingerprint density at radius 3 is 2.47 bits per heavy atom. The van der Waals surface area contributed by atoms with Crippen LogP contribution in [0.2, 0.25) is 0 Å². The quantitative estimate of drug-likeness (QED) is 0.419. The zero-order valence-electron chi connectivity index (χ0n) is 8.84. The normalized spacial score (nSPS) is 9.71. The smallest absolute Gasteiger partial charge is 0.338 e. The molecular weight excluding hydrogens is 230 g/mol. The maximum Gasteiger partial charge on any atom is 0.338 e. The van der Waals surface area contributed by atoms with Crippen LogP contribution in [0, 0.1) is 10.1 Å². The lowest BCUT2D eigenvalue weighted by atomic mass is 10.1. The number of nitrogens with zero attached hydrogens (tertiary/aromatic N) is 1. The minimum Gasteiger partial charge on any atom is -0.545 e. The van der Waals surface area contributed by atoms with Gasteiger partial charge in [0.1, 0.15) is 0 Å². The number of ether oxygens (including phenoxy) is 1. The van der Waals surface area contributed by atoms with E-state index < -0.39 is 28.1 Å². The van der Waals surface area contributed by atoms with E-state index in [2.05, 4.69) is 4.74 Å². The van der Waals surface area contributed by atoms with Gasteiger partial charge in [0.15, 0.2) is 0 Å². The number of aromatic carboxylic acids is 1. The summed E-state index contributed by atoms with van der Waals surface area (Å²) in [7, 11) is 0. The highest BCUT2D eigenvalue weighted by Gasteiger charge is 2.17. The number of benzene rings is 1. The van der Waals surface area contributed by atoms with E-state index in [0.717, 1.165) is 18.2 Å². The minimum atomic E-state index is -1.67. The second-order valence-corrected chi connectivity index (χ2v) is 2.99. The van der Waals surface area contributed by atoms with Crippen LogP contribution in [0.5, 0.6) is 0 Å². The number of non-ortho nitro benzene ring substituents is 1. The summed E-state index contributed by atoms with van der Waals surface area (Å²) >= 11 is 0. The monoisotopic (exact) mass is 238 g/mol. The predicted octanol–water partition coefficient (Wildman–Crippen LogP) is 0.135. The van der Waals surface area contributed by atoms with Gasteiger partial charge in [-0.3, -0.25) is 10.1 Å². The molecule has 0 radical (unpaired) electrons. The molecule has 90 valence electrons. The summed E-state index contributed by atoms with van der Waals surface area (Å²) < 4.78 is 4.62. The number of carbonyl (C=O) groups is 2. The van der Waals surface area contributed by atoms with E-state index in [1.165, 1.54) is 0 Å². The maximum atomic E-state index is 11.4. The van der Waals surface area contributed by atoms with Gasteiger partial charge in [-0.15, -0.1) is 0 Å². The van der Waals surface area contributed by atoms with Crippen molar-refractivity contribution in [2.24, 2.45) is 0 Å². The van der Waals surface area contributed by atoms with Gasteiger partial charge in [0.25, 0.3) is 5.69 Å². The summed E-state index contributed by atoms with van der Waals surface area (Å²) in [6.07, 6.45) is 0. The van der Waals surface area contributed by atoms with Crippen LogP contribution in [0.4, 0.5) is 5.69 Å². The average molecular weight is 238 g/mol. The third kappa shape index (κ3) is 2.77. The van der Waals surface area contributed by atoms with Crippen molar-refractivity contribution >= 4 is 17.6 Å². The van der Waals surface area contributed by atoms with Crippen molar-refractivity contribution in [1.29, 1.82) is 0 Å². The van der Waals surface area contributed by atoms with Crippen LogP contribution in [0.15, 0.2) is 18.2 Å². The second-order valence-electron chi connectivity index (χ2n) is 2.99. The fourth-order valence-electron chi connectivity index (χ4n) is 1.20. The largest absolute Gasteiger partial charge is 0.545 e. The van der Waals surface area contributed by atoms with E-state index in [1.54, 1.807) is 6.92 Å². The Kier molecular flexibility index (Phi) is 3.76. The standard InChI is InChI=1S/C10H9NO6/c1-2-17-10(14)7-4-3-6(11(15)16)5-8(7)9(12)13/h3-5H,2H2,1H3,(H,12,13)/p-1. The first-order chi connectivity index (χ1) is 7.97. The number of carbonyl (C=O) groups excluding carboxylic acids is 2. The van der Waals surface area contributed by atoms with Crippen molar-refractivity contribution < 1.29 is 24.4 Å². The van der Waals surface area contributed by atoms with Crippen LogP contribution in [-0.4, -0.2) is 23.5 Å². The van der Waals surface area contributed by atoms with Gasteiger partial charge in [-0.1, -0.05) is 0 Å². The Morgan fingerprint density at radius 1 is 1.35 bits per heavy atom. The number of rotatable bonds is 4. The zero-order valence-corrected chi connectivity index (χ0v) is 8.84. The van der Waals surface area contributed by atoms with Crippen LogP contribution >= 0.6 is 0 Å². The van der Waals surface area contributed by atoms with Crippen LogP contribution < -0.4 is 5.11 Å². The lowest BCUT2D eigenvalue weighted by Crippen LogP contribution is -2.25. The Bertz CT molecular complexity index is 482. The highest BCUT2D eigenvalue weighted by molar-refractivity contribution is 6.02. The molecule has 7 heteroatoms. The van der Waals surface area contributed by atoms with Gasteiger partial charge in [-0.25, -0.2) is 4.79 Å². The van der Waals surface area contributed by atoms with Crippen molar-refractivity contribution in [2.75, 3.05) is 6.61 Å².